The van der Waals surface area contributed by atoms with E-state index in [0.29, 0.717) is 6.42 Å². The van der Waals surface area contributed by atoms with Crippen molar-refractivity contribution >= 4 is 17.5 Å². The average molecular weight is 242 g/mol. The van der Waals surface area contributed by atoms with E-state index in [1.54, 1.807) is 6.92 Å². The number of rotatable bonds is 3. The fourth-order valence-corrected chi connectivity index (χ4v) is 1.80. The van der Waals surface area contributed by atoms with Gasteiger partial charge in [0.25, 0.3) is 5.92 Å². The Morgan fingerprint density at radius 3 is 2.80 bits per heavy atom. The topological polar surface area (TPSA) is 40.5 Å². The van der Waals surface area contributed by atoms with Crippen molar-refractivity contribution in [2.24, 2.45) is 0 Å². The first-order chi connectivity index (χ1) is 6.91. The van der Waals surface area contributed by atoms with Gasteiger partial charge >= 0.3 is 0 Å². The van der Waals surface area contributed by atoms with Crippen LogP contribution in [0.1, 0.15) is 19.8 Å². The fraction of sp³-hybridized carbons (Fsp3) is 0.889. The molecular formula is C9H14ClF2NO2. The van der Waals surface area contributed by atoms with Gasteiger partial charge in [-0.1, -0.05) is 6.92 Å². The second-order valence-electron chi connectivity index (χ2n) is 3.74. The smallest absolute Gasteiger partial charge is 0.267 e. The van der Waals surface area contributed by atoms with Gasteiger partial charge in [-0.25, -0.2) is 8.78 Å². The first kappa shape index (κ1) is 12.6. The number of carbonyl (C=O) groups excluding carboxylic acids is 1. The Kier molecular flexibility index (Phi) is 3.89. The van der Waals surface area contributed by atoms with Crippen LogP contribution < -0.4 is 0 Å². The number of alkyl halides is 3. The summed E-state index contributed by atoms with van der Waals surface area (Å²) in [6.45, 7) is 0.618. The van der Waals surface area contributed by atoms with Gasteiger partial charge < -0.3 is 10.0 Å². The number of carbonyl (C=O) groups is 1. The summed E-state index contributed by atoms with van der Waals surface area (Å²) in [5.74, 6) is -3.43. The molecule has 0 aliphatic carbocycles. The summed E-state index contributed by atoms with van der Waals surface area (Å²) in [6, 6.07) is -0.805. The fourth-order valence-electron chi connectivity index (χ4n) is 1.67. The summed E-state index contributed by atoms with van der Waals surface area (Å²) < 4.78 is 26.0. The van der Waals surface area contributed by atoms with Crippen molar-refractivity contribution in [3.05, 3.63) is 0 Å². The van der Waals surface area contributed by atoms with E-state index in [4.69, 9.17) is 16.7 Å². The van der Waals surface area contributed by atoms with E-state index in [-0.39, 0.29) is 0 Å². The van der Waals surface area contributed by atoms with Crippen LogP contribution in [0.2, 0.25) is 0 Å². The molecule has 0 saturated carbocycles. The van der Waals surface area contributed by atoms with Gasteiger partial charge in [0.15, 0.2) is 0 Å². The minimum absolute atomic E-state index is 0.389. The first-order valence-electron chi connectivity index (χ1n) is 4.84. The summed E-state index contributed by atoms with van der Waals surface area (Å²) in [4.78, 5) is 12.6. The Bertz CT molecular complexity index is 250. The highest BCUT2D eigenvalue weighted by Gasteiger charge is 2.47. The monoisotopic (exact) mass is 241 g/mol. The first-order valence-corrected chi connectivity index (χ1v) is 5.28. The predicted octanol–water partition coefficient (Wildman–Crippen LogP) is 1.23. The zero-order valence-electron chi connectivity index (χ0n) is 8.42. The molecule has 1 rings (SSSR count). The number of hydrogen-bond acceptors (Lipinski definition) is 2. The van der Waals surface area contributed by atoms with Crippen molar-refractivity contribution in [3.8, 4) is 0 Å². The predicted molar refractivity (Wildman–Crippen MR) is 52.1 cm³/mol. The third-order valence-electron chi connectivity index (χ3n) is 2.50. The largest absolute Gasteiger partial charge is 0.394 e. The molecule has 2 atom stereocenters. The molecule has 1 N–H and O–H groups in total. The van der Waals surface area contributed by atoms with Crippen molar-refractivity contribution in [1.29, 1.82) is 0 Å². The number of nitrogens with zero attached hydrogens (tertiary/aromatic N) is 1. The van der Waals surface area contributed by atoms with Crippen LogP contribution in [-0.4, -0.2) is 46.4 Å². The highest BCUT2D eigenvalue weighted by Crippen LogP contribution is 2.32. The molecule has 0 radical (unpaired) electrons. The van der Waals surface area contributed by atoms with Crippen LogP contribution in [0.5, 0.6) is 0 Å². The molecule has 0 bridgehead atoms. The minimum atomic E-state index is -2.91. The lowest BCUT2D eigenvalue weighted by Crippen LogP contribution is -2.42. The maximum Gasteiger partial charge on any atom is 0.267 e. The van der Waals surface area contributed by atoms with Gasteiger partial charge in [0.1, 0.15) is 5.38 Å². The van der Waals surface area contributed by atoms with Gasteiger partial charge in [0, 0.05) is 6.42 Å². The molecule has 1 amide bonds. The number of likely N-dealkylation sites (tertiary alicyclic amines) is 1. The number of hydrogen-bond donors (Lipinski definition) is 1. The second-order valence-corrected chi connectivity index (χ2v) is 4.27. The molecule has 0 aromatic carbocycles. The molecule has 0 aromatic heterocycles. The molecule has 1 saturated heterocycles. The van der Waals surface area contributed by atoms with Gasteiger partial charge in [0.05, 0.1) is 19.2 Å². The summed E-state index contributed by atoms with van der Waals surface area (Å²) in [5.41, 5.74) is 0. The summed E-state index contributed by atoms with van der Waals surface area (Å²) in [5, 5.41) is 8.12. The van der Waals surface area contributed by atoms with E-state index in [1.807, 2.05) is 0 Å². The van der Waals surface area contributed by atoms with Gasteiger partial charge in [-0.15, -0.1) is 11.6 Å². The molecule has 1 fully saturated rings. The average Bonchev–Trinajstić information content (AvgIpc) is 2.51. The van der Waals surface area contributed by atoms with Crippen LogP contribution in [0.4, 0.5) is 8.78 Å². The zero-order valence-corrected chi connectivity index (χ0v) is 9.18. The zero-order chi connectivity index (χ0) is 11.6. The number of halogens is 3. The Morgan fingerprint density at radius 2 is 2.33 bits per heavy atom. The lowest BCUT2D eigenvalue weighted by molar-refractivity contribution is -0.133. The Morgan fingerprint density at radius 1 is 1.73 bits per heavy atom. The highest BCUT2D eigenvalue weighted by molar-refractivity contribution is 6.30. The van der Waals surface area contributed by atoms with E-state index in [2.05, 4.69) is 0 Å². The molecule has 0 spiro atoms. The molecule has 1 heterocycles. The lowest BCUT2D eigenvalue weighted by atomic mass is 10.2. The van der Waals surface area contributed by atoms with E-state index < -0.39 is 42.8 Å². The summed E-state index contributed by atoms with van der Waals surface area (Å²) >= 11 is 5.69. The minimum Gasteiger partial charge on any atom is -0.394 e. The molecule has 1 aliphatic rings. The van der Waals surface area contributed by atoms with Crippen molar-refractivity contribution in [1.82, 2.24) is 4.90 Å². The van der Waals surface area contributed by atoms with Crippen molar-refractivity contribution in [2.75, 3.05) is 13.2 Å². The molecule has 0 aromatic rings. The van der Waals surface area contributed by atoms with E-state index in [0.717, 1.165) is 4.90 Å². The Labute approximate surface area is 92.0 Å². The molecule has 6 heteroatoms. The highest BCUT2D eigenvalue weighted by atomic mass is 35.5. The Balaban J connectivity index is 2.72. The maximum atomic E-state index is 13.0. The van der Waals surface area contributed by atoms with Crippen LogP contribution in [0.25, 0.3) is 0 Å². The van der Waals surface area contributed by atoms with Crippen molar-refractivity contribution in [3.63, 3.8) is 0 Å². The molecule has 0 unspecified atom stereocenters. The number of aliphatic hydroxyl groups is 1. The number of amides is 1. The molecule has 1 aliphatic heterocycles. The molecule has 3 nitrogen and oxygen atoms in total. The molecule has 15 heavy (non-hydrogen) atoms. The van der Waals surface area contributed by atoms with Gasteiger partial charge in [0.2, 0.25) is 5.91 Å². The van der Waals surface area contributed by atoms with Crippen LogP contribution in [-0.2, 0) is 4.79 Å². The summed E-state index contributed by atoms with van der Waals surface area (Å²) in [6.07, 6.45) is -0.0941. The quantitative estimate of drug-likeness (QED) is 0.755. The van der Waals surface area contributed by atoms with E-state index in [9.17, 15) is 13.6 Å². The van der Waals surface area contributed by atoms with Crippen molar-refractivity contribution in [2.45, 2.75) is 37.1 Å². The SMILES string of the molecule is CC[C@@H](Cl)C(=O)N1CC(F)(F)C[C@H]1CO. The van der Waals surface area contributed by atoms with Crippen LogP contribution in [0, 0.1) is 0 Å². The normalized spacial score (nSPS) is 26.7. The third kappa shape index (κ3) is 2.78. The van der Waals surface area contributed by atoms with Gasteiger partial charge in [-0.05, 0) is 6.42 Å². The van der Waals surface area contributed by atoms with Crippen LogP contribution in [0.3, 0.4) is 0 Å². The van der Waals surface area contributed by atoms with Crippen LogP contribution >= 0.6 is 11.6 Å². The second kappa shape index (κ2) is 4.61. The number of aliphatic hydroxyl groups excluding tert-OH is 1. The molecular weight excluding hydrogens is 228 g/mol. The molecule has 88 valence electrons. The van der Waals surface area contributed by atoms with E-state index >= 15 is 0 Å². The Hall–Kier alpha value is -0.420. The maximum absolute atomic E-state index is 13.0. The summed E-state index contributed by atoms with van der Waals surface area (Å²) in [7, 11) is 0. The van der Waals surface area contributed by atoms with Crippen LogP contribution in [0.15, 0.2) is 0 Å². The van der Waals surface area contributed by atoms with Crippen molar-refractivity contribution < 1.29 is 18.7 Å². The lowest BCUT2D eigenvalue weighted by Gasteiger charge is -2.24. The van der Waals surface area contributed by atoms with Gasteiger partial charge in [-0.3, -0.25) is 4.79 Å². The standard InChI is InChI=1S/C9H14ClF2NO2/c1-2-7(10)8(15)13-5-9(11,12)3-6(13)4-14/h6-7,14H,2-5H2,1H3/t6-,7+/m0/s1. The van der Waals surface area contributed by atoms with Gasteiger partial charge in [-0.2, -0.15) is 0 Å². The third-order valence-corrected chi connectivity index (χ3v) is 2.99. The van der Waals surface area contributed by atoms with E-state index in [1.165, 1.54) is 0 Å².